The van der Waals surface area contributed by atoms with Crippen LogP contribution in [0.3, 0.4) is 0 Å². The molecule has 3 heteroatoms. The third-order valence-corrected chi connectivity index (χ3v) is 4.98. The highest BCUT2D eigenvalue weighted by Gasteiger charge is 2.56. The van der Waals surface area contributed by atoms with Gasteiger partial charge in [-0.2, -0.15) is 0 Å². The quantitative estimate of drug-likeness (QED) is 0.705. The molecule has 0 aromatic carbocycles. The van der Waals surface area contributed by atoms with E-state index in [0.29, 0.717) is 30.5 Å². The molecular weight excluding hydrogens is 216 g/mol. The van der Waals surface area contributed by atoms with Crippen molar-refractivity contribution in [3.63, 3.8) is 0 Å². The van der Waals surface area contributed by atoms with Crippen LogP contribution >= 0.6 is 0 Å². The first-order chi connectivity index (χ1) is 8.26. The summed E-state index contributed by atoms with van der Waals surface area (Å²) >= 11 is 0. The number of carbonyl (C=O) groups excluding carboxylic acids is 1. The average Bonchev–Trinajstić information content (AvgIpc) is 2.64. The number of hydrogen-bond acceptors (Lipinski definition) is 3. The minimum absolute atomic E-state index is 0.0215. The second-order valence-corrected chi connectivity index (χ2v) is 5.71. The summed E-state index contributed by atoms with van der Waals surface area (Å²) in [6.07, 6.45) is 9.48. The predicted octanol–water partition coefficient (Wildman–Crippen LogP) is 2.31. The van der Waals surface area contributed by atoms with E-state index in [2.05, 4.69) is 6.08 Å². The molecule has 94 valence electrons. The molecule has 0 aromatic heterocycles. The van der Waals surface area contributed by atoms with E-state index in [1.165, 1.54) is 0 Å². The van der Waals surface area contributed by atoms with Gasteiger partial charge >= 0.3 is 0 Å². The molecule has 1 spiro atoms. The Balaban J connectivity index is 1.76. The zero-order valence-corrected chi connectivity index (χ0v) is 10.4. The molecular formula is C14H20O3. The van der Waals surface area contributed by atoms with Gasteiger partial charge in [0.05, 0.1) is 6.10 Å². The van der Waals surface area contributed by atoms with E-state index in [0.717, 1.165) is 32.1 Å². The summed E-state index contributed by atoms with van der Waals surface area (Å²) in [5.74, 6) is 1.51. The summed E-state index contributed by atoms with van der Waals surface area (Å²) in [4.78, 5) is 12.2. The molecule has 0 heterocycles. The molecule has 0 radical (unpaired) electrons. The summed E-state index contributed by atoms with van der Waals surface area (Å²) in [5, 5.41) is 0. The Morgan fingerprint density at radius 2 is 2.41 bits per heavy atom. The smallest absolute Gasteiger partial charge is 0.161 e. The van der Waals surface area contributed by atoms with Gasteiger partial charge in [-0.1, -0.05) is 6.08 Å². The molecule has 3 rings (SSSR count). The monoisotopic (exact) mass is 236 g/mol. The molecule has 2 bridgehead atoms. The first kappa shape index (κ1) is 11.4. The van der Waals surface area contributed by atoms with Crippen molar-refractivity contribution in [3.8, 4) is 0 Å². The zero-order valence-electron chi connectivity index (χ0n) is 10.4. The van der Waals surface area contributed by atoms with E-state index < -0.39 is 0 Å². The molecule has 0 saturated heterocycles. The number of rotatable bonds is 3. The van der Waals surface area contributed by atoms with Crippen molar-refractivity contribution in [1.82, 2.24) is 0 Å². The lowest BCUT2D eigenvalue weighted by atomic mass is 9.65. The van der Waals surface area contributed by atoms with Crippen LogP contribution in [-0.2, 0) is 14.3 Å². The van der Waals surface area contributed by atoms with Gasteiger partial charge in [-0.05, 0) is 50.0 Å². The second kappa shape index (κ2) is 4.21. The van der Waals surface area contributed by atoms with Crippen LogP contribution in [0.5, 0.6) is 0 Å². The summed E-state index contributed by atoms with van der Waals surface area (Å²) in [5.41, 5.74) is -0.0215. The zero-order chi connectivity index (χ0) is 11.9. The van der Waals surface area contributed by atoms with Crippen molar-refractivity contribution in [3.05, 3.63) is 12.2 Å². The molecule has 3 nitrogen and oxygen atoms in total. The lowest BCUT2D eigenvalue weighted by Gasteiger charge is -2.39. The van der Waals surface area contributed by atoms with Crippen molar-refractivity contribution >= 4 is 5.78 Å². The lowest BCUT2D eigenvalue weighted by Crippen LogP contribution is -2.40. The fourth-order valence-corrected chi connectivity index (χ4v) is 4.16. The standard InChI is InChI=1S/C14H20O3/c1-16-9-17-12-5-6-14-8-10(12)7-11(14)3-2-4-13(14)15/h2,4,10-12H,3,5-9H2,1H3/t10?,11-,12?,14-/m0/s1. The highest BCUT2D eigenvalue weighted by atomic mass is 16.7. The number of methoxy groups -OCH3 is 1. The van der Waals surface area contributed by atoms with E-state index in [4.69, 9.17) is 9.47 Å². The fourth-order valence-electron chi connectivity index (χ4n) is 4.16. The number of fused-ring (bicyclic) bond motifs is 1. The Kier molecular flexibility index (Phi) is 2.83. The third kappa shape index (κ3) is 1.67. The van der Waals surface area contributed by atoms with Crippen LogP contribution in [-0.4, -0.2) is 25.8 Å². The van der Waals surface area contributed by atoms with Gasteiger partial charge in [0.15, 0.2) is 5.78 Å². The largest absolute Gasteiger partial charge is 0.359 e. The maximum atomic E-state index is 12.2. The summed E-state index contributed by atoms with van der Waals surface area (Å²) < 4.78 is 10.7. The Hall–Kier alpha value is -0.670. The summed E-state index contributed by atoms with van der Waals surface area (Å²) in [6, 6.07) is 0. The van der Waals surface area contributed by atoms with Gasteiger partial charge in [-0.3, -0.25) is 4.79 Å². The van der Waals surface area contributed by atoms with Crippen LogP contribution in [0.1, 0.15) is 32.1 Å². The summed E-state index contributed by atoms with van der Waals surface area (Å²) in [7, 11) is 1.66. The maximum Gasteiger partial charge on any atom is 0.161 e. The first-order valence-corrected chi connectivity index (χ1v) is 6.58. The Bertz CT molecular complexity index is 349. The number of ether oxygens (including phenoxy) is 2. The normalized spacial score (nSPS) is 43.8. The van der Waals surface area contributed by atoms with E-state index >= 15 is 0 Å². The fraction of sp³-hybridized carbons (Fsp3) is 0.786. The van der Waals surface area contributed by atoms with Gasteiger partial charge in [-0.25, -0.2) is 0 Å². The van der Waals surface area contributed by atoms with Crippen molar-refractivity contribution in [1.29, 1.82) is 0 Å². The predicted molar refractivity (Wildman–Crippen MR) is 63.4 cm³/mol. The number of hydrogen-bond donors (Lipinski definition) is 0. The van der Waals surface area contributed by atoms with E-state index in [9.17, 15) is 4.79 Å². The minimum Gasteiger partial charge on any atom is -0.359 e. The highest BCUT2D eigenvalue weighted by Crippen LogP contribution is 2.58. The molecule has 0 aromatic rings. The van der Waals surface area contributed by atoms with Crippen LogP contribution < -0.4 is 0 Å². The topological polar surface area (TPSA) is 35.5 Å². The molecule has 2 fully saturated rings. The third-order valence-electron chi connectivity index (χ3n) is 4.98. The van der Waals surface area contributed by atoms with Gasteiger partial charge in [-0.15, -0.1) is 0 Å². The first-order valence-electron chi connectivity index (χ1n) is 6.58. The molecule has 2 saturated carbocycles. The molecule has 0 aliphatic heterocycles. The molecule has 2 unspecified atom stereocenters. The lowest BCUT2D eigenvalue weighted by molar-refractivity contribution is -0.133. The average molecular weight is 236 g/mol. The number of allylic oxidation sites excluding steroid dienone is 2. The molecule has 4 atom stereocenters. The van der Waals surface area contributed by atoms with Crippen LogP contribution in [0.4, 0.5) is 0 Å². The highest BCUT2D eigenvalue weighted by molar-refractivity contribution is 5.96. The van der Waals surface area contributed by atoms with Crippen LogP contribution in [0.25, 0.3) is 0 Å². The van der Waals surface area contributed by atoms with Gasteiger partial charge in [0.2, 0.25) is 0 Å². The Labute approximate surface area is 102 Å². The van der Waals surface area contributed by atoms with Crippen molar-refractivity contribution in [2.24, 2.45) is 17.3 Å². The van der Waals surface area contributed by atoms with Gasteiger partial charge < -0.3 is 9.47 Å². The van der Waals surface area contributed by atoms with Gasteiger partial charge in [0, 0.05) is 12.5 Å². The minimum atomic E-state index is -0.0215. The summed E-state index contributed by atoms with van der Waals surface area (Å²) in [6.45, 7) is 0.380. The molecule has 0 N–H and O–H groups in total. The number of ketones is 1. The van der Waals surface area contributed by atoms with Crippen LogP contribution in [0, 0.1) is 17.3 Å². The van der Waals surface area contributed by atoms with Crippen molar-refractivity contribution in [2.45, 2.75) is 38.2 Å². The SMILES string of the molecule is COCOC1CC[C@]23CC1C[C@@H]2CC=CC3=O. The maximum absolute atomic E-state index is 12.2. The van der Waals surface area contributed by atoms with Gasteiger partial charge in [0.25, 0.3) is 0 Å². The Morgan fingerprint density at radius 3 is 3.24 bits per heavy atom. The second-order valence-electron chi connectivity index (χ2n) is 5.71. The van der Waals surface area contributed by atoms with E-state index in [-0.39, 0.29) is 5.41 Å². The van der Waals surface area contributed by atoms with Gasteiger partial charge in [0.1, 0.15) is 6.79 Å². The van der Waals surface area contributed by atoms with E-state index in [1.807, 2.05) is 6.08 Å². The van der Waals surface area contributed by atoms with Crippen LogP contribution in [0.15, 0.2) is 12.2 Å². The van der Waals surface area contributed by atoms with E-state index in [1.54, 1.807) is 7.11 Å². The number of carbonyl (C=O) groups is 1. The molecule has 3 aliphatic carbocycles. The molecule has 17 heavy (non-hydrogen) atoms. The molecule has 3 aliphatic rings. The Morgan fingerprint density at radius 1 is 1.53 bits per heavy atom. The molecule has 0 amide bonds. The van der Waals surface area contributed by atoms with Crippen molar-refractivity contribution < 1.29 is 14.3 Å². The van der Waals surface area contributed by atoms with Crippen molar-refractivity contribution in [2.75, 3.05) is 13.9 Å². The van der Waals surface area contributed by atoms with Crippen LogP contribution in [0.2, 0.25) is 0 Å².